The third-order valence-electron chi connectivity index (χ3n) is 3.54. The fraction of sp³-hybridized carbons (Fsp3) is 0.188. The molecule has 0 radical (unpaired) electrons. The summed E-state index contributed by atoms with van der Waals surface area (Å²) in [5, 5.41) is 9.01. The molecule has 4 nitrogen and oxygen atoms in total. The van der Waals surface area contributed by atoms with E-state index in [0.29, 0.717) is 12.1 Å². The van der Waals surface area contributed by atoms with Crippen LogP contribution in [0.1, 0.15) is 5.56 Å². The van der Waals surface area contributed by atoms with Crippen molar-refractivity contribution in [1.29, 1.82) is 0 Å². The molecule has 0 spiro atoms. The summed E-state index contributed by atoms with van der Waals surface area (Å²) in [6, 6.07) is 11.9. The Kier molecular flexibility index (Phi) is 3.48. The third-order valence-corrected chi connectivity index (χ3v) is 3.54. The van der Waals surface area contributed by atoms with Crippen LogP contribution < -0.4 is 16.0 Å². The Morgan fingerprint density at radius 2 is 1.95 bits per heavy atom. The van der Waals surface area contributed by atoms with Gasteiger partial charge in [0.2, 0.25) is 5.91 Å². The largest absolute Gasteiger partial charge is 0.381 e. The van der Waals surface area contributed by atoms with E-state index < -0.39 is 11.9 Å². The molecule has 0 aliphatic carbocycles. The van der Waals surface area contributed by atoms with Gasteiger partial charge in [0.15, 0.2) is 0 Å². The molecule has 0 bridgehead atoms. The number of aryl methyl sites for hydroxylation is 1. The molecule has 0 fully saturated rings. The van der Waals surface area contributed by atoms with Crippen molar-refractivity contribution in [3.8, 4) is 0 Å². The van der Waals surface area contributed by atoms with Gasteiger partial charge in [0, 0.05) is 6.54 Å². The highest BCUT2D eigenvalue weighted by Crippen LogP contribution is 2.26. The second kappa shape index (κ2) is 5.44. The first-order valence-corrected chi connectivity index (χ1v) is 6.80. The first-order valence-electron chi connectivity index (χ1n) is 6.80. The van der Waals surface area contributed by atoms with Gasteiger partial charge in [0.1, 0.15) is 11.9 Å². The van der Waals surface area contributed by atoms with Gasteiger partial charge in [-0.2, -0.15) is 0 Å². The fourth-order valence-corrected chi connectivity index (χ4v) is 2.37. The van der Waals surface area contributed by atoms with Gasteiger partial charge >= 0.3 is 0 Å². The van der Waals surface area contributed by atoms with Crippen LogP contribution in [0.3, 0.4) is 0 Å². The summed E-state index contributed by atoms with van der Waals surface area (Å²) in [4.78, 5) is 12.3. The minimum atomic E-state index is -0.445. The maximum atomic E-state index is 13.8. The van der Waals surface area contributed by atoms with Gasteiger partial charge in [0.05, 0.1) is 17.1 Å². The number of hydrogen-bond donors (Lipinski definition) is 3. The van der Waals surface area contributed by atoms with Crippen molar-refractivity contribution in [2.75, 3.05) is 22.5 Å². The Bertz CT molecular complexity index is 667. The Morgan fingerprint density at radius 1 is 1.19 bits per heavy atom. The van der Waals surface area contributed by atoms with Gasteiger partial charge in [-0.25, -0.2) is 4.39 Å². The summed E-state index contributed by atoms with van der Waals surface area (Å²) >= 11 is 0. The van der Waals surface area contributed by atoms with Crippen molar-refractivity contribution in [3.63, 3.8) is 0 Å². The molecule has 1 aliphatic heterocycles. The zero-order chi connectivity index (χ0) is 14.8. The van der Waals surface area contributed by atoms with E-state index in [0.717, 1.165) is 11.4 Å². The zero-order valence-corrected chi connectivity index (χ0v) is 11.6. The zero-order valence-electron chi connectivity index (χ0n) is 11.6. The Morgan fingerprint density at radius 3 is 2.71 bits per heavy atom. The summed E-state index contributed by atoms with van der Waals surface area (Å²) in [5.41, 5.74) is 2.77. The van der Waals surface area contributed by atoms with Gasteiger partial charge in [-0.1, -0.05) is 24.3 Å². The maximum Gasteiger partial charge on any atom is 0.248 e. The first-order chi connectivity index (χ1) is 10.1. The predicted molar refractivity (Wildman–Crippen MR) is 82.1 cm³/mol. The number of carbonyl (C=O) groups is 1. The lowest BCUT2D eigenvalue weighted by Gasteiger charge is -2.27. The monoisotopic (exact) mass is 285 g/mol. The normalized spacial score (nSPS) is 16.4. The van der Waals surface area contributed by atoms with Crippen molar-refractivity contribution in [2.45, 2.75) is 13.0 Å². The molecule has 1 heterocycles. The summed E-state index contributed by atoms with van der Waals surface area (Å²) < 4.78 is 13.8. The number of para-hydroxylation sites is 3. The van der Waals surface area contributed by atoms with Crippen LogP contribution in [0.5, 0.6) is 0 Å². The average Bonchev–Trinajstić information content (AvgIpc) is 2.50. The Labute approximate surface area is 122 Å². The van der Waals surface area contributed by atoms with Crippen molar-refractivity contribution < 1.29 is 9.18 Å². The lowest BCUT2D eigenvalue weighted by Crippen LogP contribution is -2.43. The smallest absolute Gasteiger partial charge is 0.248 e. The molecule has 108 valence electrons. The molecule has 0 saturated heterocycles. The van der Waals surface area contributed by atoms with E-state index in [1.165, 1.54) is 6.07 Å². The molecule has 21 heavy (non-hydrogen) atoms. The minimum absolute atomic E-state index is 0.239. The lowest BCUT2D eigenvalue weighted by molar-refractivity contribution is -0.116. The van der Waals surface area contributed by atoms with Crippen LogP contribution in [0, 0.1) is 12.7 Å². The highest BCUT2D eigenvalue weighted by Gasteiger charge is 2.24. The number of hydrogen-bond acceptors (Lipinski definition) is 3. The molecule has 1 atom stereocenters. The molecule has 1 unspecified atom stereocenters. The van der Waals surface area contributed by atoms with Crippen LogP contribution in [0.15, 0.2) is 42.5 Å². The van der Waals surface area contributed by atoms with Crippen molar-refractivity contribution in [2.24, 2.45) is 0 Å². The molecule has 1 aliphatic rings. The van der Waals surface area contributed by atoms with Gasteiger partial charge in [0.25, 0.3) is 0 Å². The molecule has 0 saturated carbocycles. The van der Waals surface area contributed by atoms with Crippen LogP contribution in [0.25, 0.3) is 0 Å². The van der Waals surface area contributed by atoms with Gasteiger partial charge in [-0.15, -0.1) is 0 Å². The van der Waals surface area contributed by atoms with Crippen LogP contribution in [0.2, 0.25) is 0 Å². The number of amides is 1. The van der Waals surface area contributed by atoms with E-state index in [1.807, 2.05) is 24.3 Å². The second-order valence-electron chi connectivity index (χ2n) is 5.04. The highest BCUT2D eigenvalue weighted by molar-refractivity contribution is 5.99. The Balaban J connectivity index is 1.76. The second-order valence-corrected chi connectivity index (χ2v) is 5.04. The number of rotatable bonds is 2. The first kappa shape index (κ1) is 13.4. The van der Waals surface area contributed by atoms with Crippen LogP contribution in [-0.4, -0.2) is 18.5 Å². The predicted octanol–water partition coefficient (Wildman–Crippen LogP) is 2.98. The molecule has 3 N–H and O–H groups in total. The van der Waals surface area contributed by atoms with Gasteiger partial charge < -0.3 is 16.0 Å². The van der Waals surface area contributed by atoms with E-state index in [-0.39, 0.29) is 11.6 Å². The van der Waals surface area contributed by atoms with Crippen LogP contribution in [-0.2, 0) is 4.79 Å². The van der Waals surface area contributed by atoms with E-state index in [9.17, 15) is 9.18 Å². The standard InChI is InChI=1S/C16H16FN3O/c1-10-5-4-6-11(17)15(10)20-16(21)14-9-18-12-7-2-3-8-13(12)19-14/h2-8,14,18-19H,9H2,1H3,(H,20,21). The van der Waals surface area contributed by atoms with Crippen molar-refractivity contribution >= 4 is 23.0 Å². The van der Waals surface area contributed by atoms with E-state index in [2.05, 4.69) is 16.0 Å². The quantitative estimate of drug-likeness (QED) is 0.795. The van der Waals surface area contributed by atoms with E-state index >= 15 is 0 Å². The SMILES string of the molecule is Cc1cccc(F)c1NC(=O)C1CNc2ccccc2N1. The molecular weight excluding hydrogens is 269 g/mol. The van der Waals surface area contributed by atoms with Crippen LogP contribution >= 0.6 is 0 Å². The molecule has 3 rings (SSSR count). The molecule has 2 aromatic carbocycles. The molecule has 5 heteroatoms. The minimum Gasteiger partial charge on any atom is -0.381 e. The third kappa shape index (κ3) is 2.67. The number of fused-ring (bicyclic) bond motifs is 1. The Hall–Kier alpha value is -2.56. The van der Waals surface area contributed by atoms with Gasteiger partial charge in [-0.3, -0.25) is 4.79 Å². The van der Waals surface area contributed by atoms with E-state index in [4.69, 9.17) is 0 Å². The van der Waals surface area contributed by atoms with Gasteiger partial charge in [-0.05, 0) is 30.7 Å². The molecule has 0 aromatic heterocycles. The fourth-order valence-electron chi connectivity index (χ4n) is 2.37. The average molecular weight is 285 g/mol. The number of benzene rings is 2. The number of halogens is 1. The summed E-state index contributed by atoms with van der Waals surface area (Å²) in [7, 11) is 0. The molecule has 1 amide bonds. The number of nitrogens with one attached hydrogen (secondary N) is 3. The van der Waals surface area contributed by atoms with Crippen molar-refractivity contribution in [3.05, 3.63) is 53.8 Å². The molecular formula is C16H16FN3O. The van der Waals surface area contributed by atoms with E-state index in [1.54, 1.807) is 19.1 Å². The lowest BCUT2D eigenvalue weighted by atomic mass is 10.1. The maximum absolute atomic E-state index is 13.8. The number of carbonyl (C=O) groups excluding carboxylic acids is 1. The summed E-state index contributed by atoms with van der Waals surface area (Å²) in [5.74, 6) is -0.683. The number of anilines is 3. The van der Waals surface area contributed by atoms with Crippen molar-refractivity contribution in [1.82, 2.24) is 0 Å². The topological polar surface area (TPSA) is 53.2 Å². The molecule has 2 aromatic rings. The summed E-state index contributed by atoms with van der Waals surface area (Å²) in [6.45, 7) is 2.22. The van der Waals surface area contributed by atoms with Crippen LogP contribution in [0.4, 0.5) is 21.5 Å². The summed E-state index contributed by atoms with van der Waals surface area (Å²) in [6.07, 6.45) is 0. The highest BCUT2D eigenvalue weighted by atomic mass is 19.1.